The van der Waals surface area contributed by atoms with Crippen LogP contribution in [0.1, 0.15) is 19.4 Å². The van der Waals surface area contributed by atoms with Crippen molar-refractivity contribution < 1.29 is 9.47 Å². The van der Waals surface area contributed by atoms with E-state index in [1.54, 1.807) is 20.5 Å². The molecule has 30 heavy (non-hydrogen) atoms. The lowest BCUT2D eigenvalue weighted by atomic mass is 10.1. The number of benzene rings is 2. The van der Waals surface area contributed by atoms with Gasteiger partial charge in [-0.15, -0.1) is 0 Å². The monoisotopic (exact) mass is 472 g/mol. The Hall–Kier alpha value is -2.38. The summed E-state index contributed by atoms with van der Waals surface area (Å²) in [6.45, 7) is 10.2. The first-order valence-corrected chi connectivity index (χ1v) is 10.9. The second-order valence-electron chi connectivity index (χ2n) is 7.03. The maximum absolute atomic E-state index is 5.54. The Morgan fingerprint density at radius 3 is 2.27 bits per heavy atom. The van der Waals surface area contributed by atoms with E-state index in [-0.39, 0.29) is 0 Å². The highest BCUT2D eigenvalue weighted by molar-refractivity contribution is 9.10. The van der Waals surface area contributed by atoms with Crippen molar-refractivity contribution in [2.24, 2.45) is 0 Å². The minimum atomic E-state index is 0.655. The molecular formula is C23H29BrN4O2. The van der Waals surface area contributed by atoms with Gasteiger partial charge in [-0.2, -0.15) is 0 Å². The van der Waals surface area contributed by atoms with Crippen LogP contribution >= 0.6 is 15.9 Å². The van der Waals surface area contributed by atoms with Gasteiger partial charge in [0.25, 0.3) is 0 Å². The highest BCUT2D eigenvalue weighted by atomic mass is 79.9. The number of rotatable bonds is 9. The van der Waals surface area contributed by atoms with Gasteiger partial charge >= 0.3 is 0 Å². The molecule has 6 nitrogen and oxygen atoms in total. The predicted molar refractivity (Wildman–Crippen MR) is 126 cm³/mol. The fraction of sp³-hybridized carbons (Fsp3) is 0.391. The van der Waals surface area contributed by atoms with E-state index >= 15 is 0 Å². The summed E-state index contributed by atoms with van der Waals surface area (Å²) in [6, 6.07) is 10.3. The number of halogens is 1. The second kappa shape index (κ2) is 10.1. The van der Waals surface area contributed by atoms with E-state index in [0.29, 0.717) is 11.5 Å². The molecular weight excluding hydrogens is 444 g/mol. The fourth-order valence-corrected chi connectivity index (χ4v) is 3.84. The molecule has 2 aromatic carbocycles. The third-order valence-electron chi connectivity index (χ3n) is 5.38. The zero-order valence-electron chi connectivity index (χ0n) is 18.3. The number of aryl methyl sites for hydroxylation is 1. The standard InChI is InChI=1S/C23H29BrN4O2/c1-6-27(7-2)10-11-28(17-9-8-16(3)19(24)12-17)23-18-13-21(29-4)22(30-5)14-20(18)25-15-26-23/h8-9,12-15H,6-7,10-11H2,1-5H3. The fourth-order valence-electron chi connectivity index (χ4n) is 3.47. The van der Waals surface area contributed by atoms with Gasteiger partial charge in [0.05, 0.1) is 19.7 Å². The van der Waals surface area contributed by atoms with Crippen LogP contribution in [0.2, 0.25) is 0 Å². The Bertz CT molecular complexity index is 1010. The van der Waals surface area contributed by atoms with E-state index in [0.717, 1.165) is 53.1 Å². The molecule has 1 heterocycles. The summed E-state index contributed by atoms with van der Waals surface area (Å²) < 4.78 is 12.1. The van der Waals surface area contributed by atoms with E-state index < -0.39 is 0 Å². The lowest BCUT2D eigenvalue weighted by molar-refractivity contribution is 0.312. The topological polar surface area (TPSA) is 50.7 Å². The minimum absolute atomic E-state index is 0.655. The third kappa shape index (κ3) is 4.68. The van der Waals surface area contributed by atoms with Crippen LogP contribution in [0.5, 0.6) is 11.5 Å². The normalized spacial score (nSPS) is 11.2. The summed E-state index contributed by atoms with van der Waals surface area (Å²) in [5.74, 6) is 2.17. The van der Waals surface area contributed by atoms with Crippen LogP contribution in [-0.4, -0.2) is 55.3 Å². The second-order valence-corrected chi connectivity index (χ2v) is 7.89. The Labute approximate surface area is 187 Å². The van der Waals surface area contributed by atoms with Crippen molar-refractivity contribution in [2.45, 2.75) is 20.8 Å². The number of fused-ring (bicyclic) bond motifs is 1. The maximum atomic E-state index is 5.54. The lowest BCUT2D eigenvalue weighted by Crippen LogP contribution is -2.33. The van der Waals surface area contributed by atoms with Gasteiger partial charge in [-0.25, -0.2) is 9.97 Å². The van der Waals surface area contributed by atoms with Gasteiger partial charge in [0, 0.05) is 34.7 Å². The number of ether oxygens (including phenoxy) is 2. The number of methoxy groups -OCH3 is 2. The molecule has 0 N–H and O–H groups in total. The summed E-state index contributed by atoms with van der Waals surface area (Å²) in [6.07, 6.45) is 1.61. The van der Waals surface area contributed by atoms with E-state index in [2.05, 4.69) is 74.7 Å². The average molecular weight is 473 g/mol. The summed E-state index contributed by atoms with van der Waals surface area (Å²) in [5, 5.41) is 0.923. The molecule has 160 valence electrons. The molecule has 0 radical (unpaired) electrons. The zero-order chi connectivity index (χ0) is 21.7. The molecule has 0 fully saturated rings. The van der Waals surface area contributed by atoms with Crippen LogP contribution in [0, 0.1) is 6.92 Å². The van der Waals surface area contributed by atoms with Crippen molar-refractivity contribution in [3.05, 3.63) is 46.7 Å². The Kier molecular flexibility index (Phi) is 7.50. The molecule has 0 unspecified atom stereocenters. The first kappa shape index (κ1) is 22.3. The largest absolute Gasteiger partial charge is 0.493 e. The van der Waals surface area contributed by atoms with Gasteiger partial charge in [-0.1, -0.05) is 35.8 Å². The number of anilines is 2. The van der Waals surface area contributed by atoms with E-state index in [9.17, 15) is 0 Å². The molecule has 0 amide bonds. The Balaban J connectivity index is 2.14. The number of hydrogen-bond donors (Lipinski definition) is 0. The van der Waals surface area contributed by atoms with Crippen molar-refractivity contribution in [3.63, 3.8) is 0 Å². The summed E-state index contributed by atoms with van der Waals surface area (Å²) in [5.41, 5.74) is 3.09. The molecule has 0 aliphatic carbocycles. The minimum Gasteiger partial charge on any atom is -0.493 e. The van der Waals surface area contributed by atoms with Gasteiger partial charge in [-0.3, -0.25) is 0 Å². The van der Waals surface area contributed by atoms with Gasteiger partial charge < -0.3 is 19.3 Å². The summed E-state index contributed by atoms with van der Waals surface area (Å²) in [7, 11) is 3.27. The molecule has 7 heteroatoms. The van der Waals surface area contributed by atoms with Crippen LogP contribution in [-0.2, 0) is 0 Å². The third-order valence-corrected chi connectivity index (χ3v) is 6.23. The molecule has 0 spiro atoms. The predicted octanol–water partition coefficient (Wildman–Crippen LogP) is 5.20. The molecule has 0 saturated carbocycles. The first-order chi connectivity index (χ1) is 14.5. The van der Waals surface area contributed by atoms with E-state index in [1.165, 1.54) is 5.56 Å². The highest BCUT2D eigenvalue weighted by Crippen LogP contribution is 2.37. The molecule has 3 rings (SSSR count). The van der Waals surface area contributed by atoms with E-state index in [1.807, 2.05) is 12.1 Å². The van der Waals surface area contributed by atoms with Crippen LogP contribution in [0.3, 0.4) is 0 Å². The van der Waals surface area contributed by atoms with Crippen molar-refractivity contribution in [1.29, 1.82) is 0 Å². The lowest BCUT2D eigenvalue weighted by Gasteiger charge is -2.28. The van der Waals surface area contributed by atoms with Crippen LogP contribution in [0.15, 0.2) is 41.1 Å². The molecule has 1 aromatic heterocycles. The number of aromatic nitrogens is 2. The van der Waals surface area contributed by atoms with E-state index in [4.69, 9.17) is 9.47 Å². The SMILES string of the molecule is CCN(CC)CCN(c1ccc(C)c(Br)c1)c1ncnc2cc(OC)c(OC)cc12. The molecule has 3 aromatic rings. The molecule has 0 atom stereocenters. The highest BCUT2D eigenvalue weighted by Gasteiger charge is 2.18. The van der Waals surface area contributed by atoms with Gasteiger partial charge in [-0.05, 0) is 43.8 Å². The molecule has 0 saturated heterocycles. The smallest absolute Gasteiger partial charge is 0.162 e. The molecule has 0 bridgehead atoms. The molecule has 0 aliphatic heterocycles. The van der Waals surface area contributed by atoms with Crippen molar-refractivity contribution in [1.82, 2.24) is 14.9 Å². The van der Waals surface area contributed by atoms with Gasteiger partial charge in [0.15, 0.2) is 11.5 Å². The summed E-state index contributed by atoms with van der Waals surface area (Å²) >= 11 is 3.68. The quantitative estimate of drug-likeness (QED) is 0.426. The number of nitrogens with zero attached hydrogens (tertiary/aromatic N) is 4. The zero-order valence-corrected chi connectivity index (χ0v) is 19.9. The maximum Gasteiger partial charge on any atom is 0.162 e. The van der Waals surface area contributed by atoms with Crippen molar-refractivity contribution in [3.8, 4) is 11.5 Å². The number of likely N-dealkylation sites (N-methyl/N-ethyl adjacent to an activating group) is 1. The van der Waals surface area contributed by atoms with Crippen LogP contribution < -0.4 is 14.4 Å². The van der Waals surface area contributed by atoms with Crippen molar-refractivity contribution in [2.75, 3.05) is 45.3 Å². The molecule has 0 aliphatic rings. The van der Waals surface area contributed by atoms with Crippen molar-refractivity contribution >= 4 is 38.3 Å². The van der Waals surface area contributed by atoms with Gasteiger partial charge in [0.2, 0.25) is 0 Å². The average Bonchev–Trinajstić information content (AvgIpc) is 2.77. The Morgan fingerprint density at radius 2 is 1.63 bits per heavy atom. The number of hydrogen-bond acceptors (Lipinski definition) is 6. The van der Waals surface area contributed by atoms with Gasteiger partial charge in [0.1, 0.15) is 12.1 Å². The van der Waals surface area contributed by atoms with Crippen LogP contribution in [0.4, 0.5) is 11.5 Å². The van der Waals surface area contributed by atoms with Crippen LogP contribution in [0.25, 0.3) is 10.9 Å². The first-order valence-electron chi connectivity index (χ1n) is 10.1. The summed E-state index contributed by atoms with van der Waals surface area (Å²) in [4.78, 5) is 13.8. The Morgan fingerprint density at radius 1 is 0.933 bits per heavy atom.